The maximum absolute atomic E-state index is 12.9. The number of anilines is 1. The fourth-order valence-corrected chi connectivity index (χ4v) is 4.02. The normalized spacial score (nSPS) is 19.2. The third-order valence-electron chi connectivity index (χ3n) is 5.65. The highest BCUT2D eigenvalue weighted by atomic mass is 16.5. The molecule has 0 radical (unpaired) electrons. The Balaban J connectivity index is 1.55. The van der Waals surface area contributed by atoms with Gasteiger partial charge in [0, 0.05) is 25.2 Å². The number of benzene rings is 2. The minimum atomic E-state index is -0.223. The highest BCUT2D eigenvalue weighted by Gasteiger charge is 2.31. The molecule has 4 rings (SSSR count). The summed E-state index contributed by atoms with van der Waals surface area (Å²) in [6, 6.07) is 15.8. The third-order valence-corrected chi connectivity index (χ3v) is 5.65. The smallest absolute Gasteiger partial charge is 0.319 e. The molecule has 1 aromatic heterocycles. The van der Waals surface area contributed by atoms with Crippen LogP contribution in [0.15, 0.2) is 67.3 Å². The van der Waals surface area contributed by atoms with Gasteiger partial charge in [0.1, 0.15) is 0 Å². The van der Waals surface area contributed by atoms with Crippen molar-refractivity contribution in [2.45, 2.75) is 38.0 Å². The number of nitrogens with one attached hydrogen (secondary N) is 2. The van der Waals surface area contributed by atoms with Gasteiger partial charge in [-0.1, -0.05) is 36.4 Å². The SMILES string of the molecule is CO[C@H](C)c1cccc(NC(=O)N[C@H]2c3ccccc3CC[C@H]2n2ccnc2)c1. The van der Waals surface area contributed by atoms with Crippen LogP contribution in [0.25, 0.3) is 0 Å². The van der Waals surface area contributed by atoms with Gasteiger partial charge in [0.05, 0.1) is 24.5 Å². The number of fused-ring (bicyclic) bond motifs is 1. The Bertz CT molecular complexity index is 971. The number of hydrogen-bond donors (Lipinski definition) is 2. The first kappa shape index (κ1) is 19.2. The fraction of sp³-hybridized carbons (Fsp3) is 0.304. The molecular formula is C23H26N4O2. The lowest BCUT2D eigenvalue weighted by molar-refractivity contribution is 0.119. The predicted molar refractivity (Wildman–Crippen MR) is 113 cm³/mol. The van der Waals surface area contributed by atoms with Crippen molar-refractivity contribution in [1.29, 1.82) is 0 Å². The molecule has 0 unspecified atom stereocenters. The van der Waals surface area contributed by atoms with Crippen LogP contribution in [0.2, 0.25) is 0 Å². The topological polar surface area (TPSA) is 68.2 Å². The zero-order valence-electron chi connectivity index (χ0n) is 16.7. The van der Waals surface area contributed by atoms with E-state index >= 15 is 0 Å². The molecule has 2 N–H and O–H groups in total. The Morgan fingerprint density at radius 3 is 2.90 bits per heavy atom. The van der Waals surface area contributed by atoms with Crippen molar-refractivity contribution in [2.24, 2.45) is 0 Å². The minimum absolute atomic E-state index is 0.0318. The summed E-state index contributed by atoms with van der Waals surface area (Å²) in [6.45, 7) is 1.98. The quantitative estimate of drug-likeness (QED) is 0.667. The Morgan fingerprint density at radius 1 is 1.24 bits per heavy atom. The Kier molecular flexibility index (Phi) is 5.62. The number of aromatic nitrogens is 2. The van der Waals surface area contributed by atoms with E-state index in [2.05, 4.69) is 38.4 Å². The summed E-state index contributed by atoms with van der Waals surface area (Å²) in [5.41, 5.74) is 4.20. The molecule has 150 valence electrons. The molecule has 0 aliphatic heterocycles. The summed E-state index contributed by atoms with van der Waals surface area (Å²) in [5, 5.41) is 6.17. The number of amides is 2. The standard InChI is InChI=1S/C23H26N4O2/c1-16(29-2)18-7-5-8-19(14-18)25-23(28)26-22-20-9-4-3-6-17(20)10-11-21(22)27-13-12-24-15-27/h3-9,12-16,21-22H,10-11H2,1-2H3,(H2,25,26,28)/t16-,21-,22+/m1/s1. The van der Waals surface area contributed by atoms with E-state index in [0.29, 0.717) is 0 Å². The first-order valence-electron chi connectivity index (χ1n) is 9.91. The molecular weight excluding hydrogens is 364 g/mol. The van der Waals surface area contributed by atoms with Crippen molar-refractivity contribution >= 4 is 11.7 Å². The van der Waals surface area contributed by atoms with Crippen molar-refractivity contribution in [3.05, 3.63) is 83.9 Å². The summed E-state index contributed by atoms with van der Waals surface area (Å²) in [5.74, 6) is 0. The molecule has 3 aromatic rings. The molecule has 0 spiro atoms. The van der Waals surface area contributed by atoms with E-state index in [1.54, 1.807) is 13.3 Å². The van der Waals surface area contributed by atoms with Crippen LogP contribution >= 0.6 is 0 Å². The van der Waals surface area contributed by atoms with Crippen molar-refractivity contribution < 1.29 is 9.53 Å². The summed E-state index contributed by atoms with van der Waals surface area (Å²) in [6.07, 6.45) is 7.45. The molecule has 2 amide bonds. The zero-order chi connectivity index (χ0) is 20.2. The number of ether oxygens (including phenoxy) is 1. The number of aryl methyl sites for hydroxylation is 1. The van der Waals surface area contributed by atoms with Crippen LogP contribution in [0, 0.1) is 0 Å². The van der Waals surface area contributed by atoms with E-state index in [1.165, 1.54) is 5.56 Å². The molecule has 1 aliphatic rings. The number of urea groups is 1. The van der Waals surface area contributed by atoms with Gasteiger partial charge in [0.2, 0.25) is 0 Å². The van der Waals surface area contributed by atoms with Crippen molar-refractivity contribution in [2.75, 3.05) is 12.4 Å². The second-order valence-electron chi connectivity index (χ2n) is 7.39. The van der Waals surface area contributed by atoms with E-state index in [1.807, 2.05) is 49.8 Å². The molecule has 1 heterocycles. The summed E-state index contributed by atoms with van der Waals surface area (Å²) in [7, 11) is 1.67. The van der Waals surface area contributed by atoms with E-state index in [4.69, 9.17) is 4.74 Å². The number of carbonyl (C=O) groups is 1. The van der Waals surface area contributed by atoms with Crippen LogP contribution in [0.5, 0.6) is 0 Å². The number of methoxy groups -OCH3 is 1. The van der Waals surface area contributed by atoms with E-state index < -0.39 is 0 Å². The van der Waals surface area contributed by atoms with Crippen molar-refractivity contribution in [3.63, 3.8) is 0 Å². The van der Waals surface area contributed by atoms with Crippen molar-refractivity contribution in [1.82, 2.24) is 14.9 Å². The van der Waals surface area contributed by atoms with Gasteiger partial charge in [0.25, 0.3) is 0 Å². The molecule has 0 fully saturated rings. The Hall–Kier alpha value is -3.12. The summed E-state index contributed by atoms with van der Waals surface area (Å²) >= 11 is 0. The molecule has 29 heavy (non-hydrogen) atoms. The molecule has 6 nitrogen and oxygen atoms in total. The van der Waals surface area contributed by atoms with E-state index in [0.717, 1.165) is 29.7 Å². The monoisotopic (exact) mass is 390 g/mol. The number of rotatable bonds is 5. The van der Waals surface area contributed by atoms with Crippen LogP contribution in [-0.4, -0.2) is 22.7 Å². The molecule has 6 heteroatoms. The van der Waals surface area contributed by atoms with E-state index in [-0.39, 0.29) is 24.2 Å². The molecule has 2 aromatic carbocycles. The predicted octanol–water partition coefficient (Wildman–Crippen LogP) is 4.64. The third kappa shape index (κ3) is 4.17. The number of imidazole rings is 1. The lowest BCUT2D eigenvalue weighted by Gasteiger charge is -2.35. The van der Waals surface area contributed by atoms with Gasteiger partial charge in [-0.05, 0) is 48.6 Å². The van der Waals surface area contributed by atoms with Crippen LogP contribution in [0.3, 0.4) is 0 Å². The zero-order valence-corrected chi connectivity index (χ0v) is 16.7. The van der Waals surface area contributed by atoms with Crippen LogP contribution in [0.1, 0.15) is 48.2 Å². The number of hydrogen-bond acceptors (Lipinski definition) is 3. The Morgan fingerprint density at radius 2 is 2.10 bits per heavy atom. The van der Waals surface area contributed by atoms with Gasteiger partial charge in [-0.3, -0.25) is 0 Å². The summed E-state index contributed by atoms with van der Waals surface area (Å²) < 4.78 is 7.46. The summed E-state index contributed by atoms with van der Waals surface area (Å²) in [4.78, 5) is 17.1. The molecule has 3 atom stereocenters. The molecule has 0 bridgehead atoms. The van der Waals surface area contributed by atoms with Crippen LogP contribution < -0.4 is 10.6 Å². The second-order valence-corrected chi connectivity index (χ2v) is 7.39. The van der Waals surface area contributed by atoms with Gasteiger partial charge < -0.3 is 19.9 Å². The second kappa shape index (κ2) is 8.49. The first-order chi connectivity index (χ1) is 14.2. The number of carbonyl (C=O) groups excluding carboxylic acids is 1. The maximum atomic E-state index is 12.9. The molecule has 1 aliphatic carbocycles. The average molecular weight is 390 g/mol. The average Bonchev–Trinajstić information content (AvgIpc) is 3.28. The fourth-order valence-electron chi connectivity index (χ4n) is 4.02. The van der Waals surface area contributed by atoms with E-state index in [9.17, 15) is 4.79 Å². The van der Waals surface area contributed by atoms with Gasteiger partial charge in [-0.15, -0.1) is 0 Å². The van der Waals surface area contributed by atoms with Crippen LogP contribution in [0.4, 0.5) is 10.5 Å². The lowest BCUT2D eigenvalue weighted by atomic mass is 9.84. The van der Waals surface area contributed by atoms with Gasteiger partial charge in [-0.25, -0.2) is 9.78 Å². The highest BCUT2D eigenvalue weighted by molar-refractivity contribution is 5.89. The first-order valence-corrected chi connectivity index (χ1v) is 9.91. The number of nitrogens with zero attached hydrogens (tertiary/aromatic N) is 2. The van der Waals surface area contributed by atoms with Gasteiger partial charge >= 0.3 is 6.03 Å². The minimum Gasteiger partial charge on any atom is -0.377 e. The van der Waals surface area contributed by atoms with Gasteiger partial charge in [0.15, 0.2) is 0 Å². The highest BCUT2D eigenvalue weighted by Crippen LogP contribution is 2.37. The van der Waals surface area contributed by atoms with Crippen LogP contribution in [-0.2, 0) is 11.2 Å². The Labute approximate surface area is 170 Å². The molecule has 0 saturated carbocycles. The van der Waals surface area contributed by atoms with Crippen molar-refractivity contribution in [3.8, 4) is 0 Å². The van der Waals surface area contributed by atoms with Gasteiger partial charge in [-0.2, -0.15) is 0 Å². The maximum Gasteiger partial charge on any atom is 0.319 e. The molecule has 0 saturated heterocycles. The lowest BCUT2D eigenvalue weighted by Crippen LogP contribution is -2.39. The largest absolute Gasteiger partial charge is 0.377 e.